The van der Waals surface area contributed by atoms with E-state index in [1.54, 1.807) is 0 Å². The van der Waals surface area contributed by atoms with Gasteiger partial charge in [-0.2, -0.15) is 16.8 Å². The Morgan fingerprint density at radius 3 is 1.48 bits per heavy atom. The van der Waals surface area contributed by atoms with Crippen molar-refractivity contribution in [2.24, 2.45) is 19.3 Å². The normalized spacial score (nSPS) is 8.97. The Morgan fingerprint density at radius 2 is 1.13 bits per heavy atom. The molecule has 0 atom stereocenters. The molecule has 21 heteroatoms. The van der Waals surface area contributed by atoms with Crippen molar-refractivity contribution in [1.82, 2.24) is 19.1 Å². The first-order valence-corrected chi connectivity index (χ1v) is 18.4. The third-order valence-electron chi connectivity index (χ3n) is 2.88. The van der Waals surface area contributed by atoms with Crippen LogP contribution in [0.15, 0.2) is 24.4 Å². The van der Waals surface area contributed by atoms with Gasteiger partial charge in [-0.25, -0.2) is 9.59 Å². The van der Waals surface area contributed by atoms with Crippen molar-refractivity contribution in [3.8, 4) is 0 Å². The second kappa shape index (κ2) is 14.9. The quantitative estimate of drug-likeness (QED) is 0.182. The van der Waals surface area contributed by atoms with Crippen molar-refractivity contribution < 1.29 is 16.8 Å². The fraction of sp³-hybridized carbons (Fsp3) is 0.200. The van der Waals surface area contributed by atoms with Gasteiger partial charge in [0.05, 0.1) is 0 Å². The number of aromatic amines is 2. The molecule has 2 rings (SSSR count). The molecule has 0 unspecified atom stereocenters. The van der Waals surface area contributed by atoms with Crippen LogP contribution in [0.1, 0.15) is 0 Å². The molecule has 2 aromatic rings. The predicted molar refractivity (Wildman–Crippen MR) is 113 cm³/mol. The standard InChI is InChI=1S/C5H6N4O3.C5H8N4O2.2Na.O4S2/c1-9-4(10)2(8-12)3(6)7-5(9)11;1-9-4(10)2(6)3(7)8-5(9)11;;;1-5(2)6(3)4/h6H2,1H3,(H,7,11);6-7H2,1H3,(H,8,11);;;. The molecule has 31 heavy (non-hydrogen) atoms. The first-order chi connectivity index (χ1) is 14.3. The summed E-state index contributed by atoms with van der Waals surface area (Å²) in [6.45, 7) is 0. The van der Waals surface area contributed by atoms with Crippen molar-refractivity contribution in [2.45, 2.75) is 0 Å². The maximum absolute atomic E-state index is 11.0. The summed E-state index contributed by atoms with van der Waals surface area (Å²) < 4.78 is 37.9. The van der Waals surface area contributed by atoms with Gasteiger partial charge in [-0.3, -0.25) is 28.7 Å². The molecule has 17 nitrogen and oxygen atoms in total. The van der Waals surface area contributed by atoms with Crippen LogP contribution in [0.3, 0.4) is 0 Å². The zero-order valence-corrected chi connectivity index (χ0v) is 22.2. The van der Waals surface area contributed by atoms with E-state index in [4.69, 9.17) is 34.0 Å². The Bertz CT molecular complexity index is 1380. The number of nitrogens with one attached hydrogen (secondary N) is 2. The number of nitroso groups, excluding NO2 is 1. The van der Waals surface area contributed by atoms with Crippen molar-refractivity contribution >= 4 is 85.2 Å². The summed E-state index contributed by atoms with van der Waals surface area (Å²) in [5.41, 5.74) is 12.3. The number of rotatable bonds is 1. The minimum absolute atomic E-state index is 0.0851. The third-order valence-corrected chi connectivity index (χ3v) is 3.77. The summed E-state index contributed by atoms with van der Waals surface area (Å²) in [7, 11) is -3.37. The molecular weight excluding hydrogens is 486 g/mol. The Morgan fingerprint density at radius 1 is 0.774 bits per heavy atom. The number of anilines is 3. The second-order valence-electron chi connectivity index (χ2n) is 4.68. The number of hydrogen-bond acceptors (Lipinski definition) is 13. The molecule has 0 spiro atoms. The molecule has 0 bridgehead atoms. The Hall–Kier alpha value is -2.00. The average Bonchev–Trinajstić information content (AvgIpc) is 2.72. The van der Waals surface area contributed by atoms with E-state index in [1.165, 1.54) is 57.7 Å². The van der Waals surface area contributed by atoms with Gasteiger partial charge in [0.25, 0.3) is 11.1 Å². The summed E-state index contributed by atoms with van der Waals surface area (Å²) >= 11 is 2.89. The van der Waals surface area contributed by atoms with E-state index < -0.39 is 46.7 Å². The van der Waals surface area contributed by atoms with Gasteiger partial charge in [0.15, 0.2) is 0 Å². The van der Waals surface area contributed by atoms with Crippen LogP contribution in [0.25, 0.3) is 0 Å². The van der Waals surface area contributed by atoms with Crippen LogP contribution in [0.4, 0.5) is 23.0 Å². The summed E-state index contributed by atoms with van der Waals surface area (Å²) in [5, 5.41) is 2.39. The summed E-state index contributed by atoms with van der Waals surface area (Å²) in [6.07, 6.45) is 0. The van der Waals surface area contributed by atoms with Crippen molar-refractivity contribution in [3.05, 3.63) is 46.6 Å². The van der Waals surface area contributed by atoms with E-state index in [9.17, 15) is 24.1 Å². The van der Waals surface area contributed by atoms with Crippen LogP contribution in [0.5, 0.6) is 0 Å². The molecule has 0 saturated heterocycles. The van der Waals surface area contributed by atoms with Crippen LogP contribution in [0.2, 0.25) is 0 Å². The van der Waals surface area contributed by atoms with Gasteiger partial charge < -0.3 is 17.2 Å². The monoisotopic (exact) mass is 500 g/mol. The molecule has 0 aromatic carbocycles. The average molecular weight is 500 g/mol. The molecule has 0 radical (unpaired) electrons. The van der Waals surface area contributed by atoms with Gasteiger partial charge in [-0.15, -0.1) is 4.91 Å². The van der Waals surface area contributed by atoms with Crippen molar-refractivity contribution in [2.75, 3.05) is 17.2 Å². The molecule has 0 aliphatic heterocycles. The van der Waals surface area contributed by atoms with Crippen LogP contribution >= 0.6 is 0 Å². The van der Waals surface area contributed by atoms with Crippen molar-refractivity contribution in [1.29, 1.82) is 0 Å². The van der Waals surface area contributed by atoms with Gasteiger partial charge in [0, 0.05) is 14.1 Å². The molecule has 2 heterocycles. The van der Waals surface area contributed by atoms with Crippen LogP contribution in [-0.4, -0.2) is 79.6 Å². The zero-order valence-electron chi connectivity index (χ0n) is 16.6. The Kier molecular flexibility index (Phi) is 15.0. The van der Waals surface area contributed by atoms with Gasteiger partial charge in [0.2, 0.25) is 5.69 Å². The van der Waals surface area contributed by atoms with E-state index in [1.807, 2.05) is 0 Å². The maximum atomic E-state index is 11.0. The molecule has 0 fully saturated rings. The van der Waals surface area contributed by atoms with E-state index >= 15 is 0 Å². The summed E-state index contributed by atoms with van der Waals surface area (Å²) in [6, 6.07) is 0. The van der Waals surface area contributed by atoms with E-state index in [2.05, 4.69) is 15.1 Å². The summed E-state index contributed by atoms with van der Waals surface area (Å²) in [4.78, 5) is 57.9. The summed E-state index contributed by atoms with van der Waals surface area (Å²) in [5.74, 6) is -0.392. The molecule has 8 N–H and O–H groups in total. The molecule has 2 aromatic heterocycles. The van der Waals surface area contributed by atoms with Gasteiger partial charge >= 0.3 is 73.5 Å². The van der Waals surface area contributed by atoms with Gasteiger partial charge in [0.1, 0.15) is 17.3 Å². The van der Waals surface area contributed by atoms with E-state index in [0.717, 1.165) is 4.57 Å². The second-order valence-corrected chi connectivity index (χ2v) is 7.13. The first-order valence-electron chi connectivity index (χ1n) is 7.71. The SMILES string of the molecule is Cn1c(=O)[nH]c(N)c(N)c1=O.Cn1c(=O)[nH]c(N)c(N=O)c1=O.O=S(=O)=S(=O)=O.[Na][Na]. The third kappa shape index (κ3) is 9.78. The number of nitrogen functional groups attached to an aromatic ring is 3. The zero-order chi connectivity index (χ0) is 25.0. The molecule has 0 saturated carbocycles. The Balaban J connectivity index is 0. The van der Waals surface area contributed by atoms with Crippen LogP contribution < -0.4 is 39.7 Å². The Labute approximate surface area is 202 Å². The first kappa shape index (κ1) is 31.2. The van der Waals surface area contributed by atoms with Crippen LogP contribution in [0, 0.1) is 4.91 Å². The topological polar surface area (TPSA) is 285 Å². The molecule has 0 aliphatic carbocycles. The van der Waals surface area contributed by atoms with Gasteiger partial charge in [-0.05, 0) is 5.18 Å². The number of hydrogen-bond donors (Lipinski definition) is 5. The fourth-order valence-electron chi connectivity index (χ4n) is 1.37. The molecule has 0 aliphatic rings. The number of aromatic nitrogens is 4. The molecular formula is C10H14N8Na2O9S2. The number of H-pyrrole nitrogens is 2. The van der Waals surface area contributed by atoms with Crippen molar-refractivity contribution in [3.63, 3.8) is 0 Å². The fourth-order valence-corrected chi connectivity index (χ4v) is 1.37. The number of nitrogens with two attached hydrogens (primary N) is 3. The number of nitrogens with zero attached hydrogens (tertiary/aromatic N) is 3. The van der Waals surface area contributed by atoms with E-state index in [-0.39, 0.29) is 17.3 Å². The minimum atomic E-state index is -2.95. The molecule has 162 valence electrons. The predicted octanol–water partition coefficient (Wildman–Crippen LogP) is -4.81. The van der Waals surface area contributed by atoms with E-state index in [0.29, 0.717) is 4.57 Å². The van der Waals surface area contributed by atoms with Crippen LogP contribution in [-0.2, 0) is 32.6 Å². The van der Waals surface area contributed by atoms with Gasteiger partial charge in [-0.1, -0.05) is 0 Å². The molecule has 0 amide bonds.